The normalized spacial score (nSPS) is 12.5. The van der Waals surface area contributed by atoms with Crippen molar-refractivity contribution in [1.29, 1.82) is 0 Å². The lowest BCUT2D eigenvalue weighted by Gasteiger charge is -2.20. The average Bonchev–Trinajstić information content (AvgIpc) is 3.07. The van der Waals surface area contributed by atoms with Crippen molar-refractivity contribution in [2.45, 2.75) is 6.92 Å². The summed E-state index contributed by atoms with van der Waals surface area (Å²) in [4.78, 5) is 12.8. The maximum atomic E-state index is 12.8. The molecule has 1 amide bonds. The molecule has 1 aliphatic rings. The van der Waals surface area contributed by atoms with Crippen LogP contribution in [0, 0.1) is 6.92 Å². The van der Waals surface area contributed by atoms with Gasteiger partial charge in [0, 0.05) is 0 Å². The first-order valence-electron chi connectivity index (χ1n) is 8.48. The third kappa shape index (κ3) is 3.19. The molecule has 7 heteroatoms. The molecule has 0 aliphatic carbocycles. The predicted octanol–water partition coefficient (Wildman–Crippen LogP) is 3.68. The molecule has 1 N–H and O–H groups in total. The van der Waals surface area contributed by atoms with Crippen LogP contribution in [0.3, 0.4) is 0 Å². The molecular weight excluding hydrogens is 348 g/mol. The number of para-hydroxylation sites is 1. The van der Waals surface area contributed by atoms with Crippen LogP contribution in [0.5, 0.6) is 17.2 Å². The Balaban J connectivity index is 1.65. The van der Waals surface area contributed by atoms with Gasteiger partial charge in [0.25, 0.3) is 5.91 Å². The Bertz CT molecular complexity index is 979. The summed E-state index contributed by atoms with van der Waals surface area (Å²) in [6, 6.07) is 12.6. The number of rotatable bonds is 4. The van der Waals surface area contributed by atoms with Gasteiger partial charge in [0.15, 0.2) is 11.5 Å². The zero-order valence-electron chi connectivity index (χ0n) is 14.9. The number of anilines is 1. The lowest BCUT2D eigenvalue weighted by atomic mass is 10.1. The lowest BCUT2D eigenvalue weighted by Crippen LogP contribution is -2.20. The zero-order chi connectivity index (χ0) is 18.8. The number of benzene rings is 2. The monoisotopic (exact) mass is 366 g/mol. The highest BCUT2D eigenvalue weighted by atomic mass is 16.6. The van der Waals surface area contributed by atoms with Crippen LogP contribution in [-0.4, -0.2) is 31.4 Å². The van der Waals surface area contributed by atoms with Crippen molar-refractivity contribution in [2.75, 3.05) is 25.6 Å². The van der Waals surface area contributed by atoms with E-state index in [-0.39, 0.29) is 11.8 Å². The van der Waals surface area contributed by atoms with Crippen molar-refractivity contribution in [1.82, 2.24) is 5.16 Å². The van der Waals surface area contributed by atoms with Crippen LogP contribution in [0.2, 0.25) is 0 Å². The van der Waals surface area contributed by atoms with Crippen molar-refractivity contribution in [3.8, 4) is 28.4 Å². The molecule has 1 aliphatic heterocycles. The number of ether oxygens (including phenoxy) is 3. The molecular formula is C20H18N2O5. The fourth-order valence-electron chi connectivity index (χ4n) is 2.98. The van der Waals surface area contributed by atoms with E-state index in [1.165, 1.54) is 0 Å². The number of hydrogen-bond acceptors (Lipinski definition) is 6. The number of aryl methyl sites for hydroxylation is 1. The van der Waals surface area contributed by atoms with Crippen LogP contribution >= 0.6 is 0 Å². The smallest absolute Gasteiger partial charge is 0.261 e. The molecule has 0 saturated carbocycles. The fourth-order valence-corrected chi connectivity index (χ4v) is 2.98. The average molecular weight is 366 g/mol. The zero-order valence-corrected chi connectivity index (χ0v) is 14.9. The van der Waals surface area contributed by atoms with Crippen LogP contribution in [0.1, 0.15) is 16.1 Å². The standard InChI is InChI=1S/C20H18N2O5/c1-12-17(13-6-8-14(24-2)9-7-13)20(27-22-12)21-19(23)15-4-3-5-16-18(15)26-11-10-25-16/h3-9H,10-11H2,1-2H3,(H,21,23). The minimum atomic E-state index is -0.358. The van der Waals surface area contributed by atoms with Crippen LogP contribution in [-0.2, 0) is 0 Å². The topological polar surface area (TPSA) is 82.8 Å². The number of carbonyl (C=O) groups excluding carboxylic acids is 1. The van der Waals surface area contributed by atoms with Crippen molar-refractivity contribution in [3.63, 3.8) is 0 Å². The second-order valence-corrected chi connectivity index (χ2v) is 5.98. The van der Waals surface area contributed by atoms with Gasteiger partial charge < -0.3 is 18.7 Å². The van der Waals surface area contributed by atoms with Crippen molar-refractivity contribution < 1.29 is 23.5 Å². The highest BCUT2D eigenvalue weighted by Crippen LogP contribution is 2.36. The molecule has 27 heavy (non-hydrogen) atoms. The molecule has 0 bridgehead atoms. The number of hydrogen-bond donors (Lipinski definition) is 1. The fraction of sp³-hybridized carbons (Fsp3) is 0.200. The molecule has 4 rings (SSSR count). The number of aromatic nitrogens is 1. The Morgan fingerprint density at radius 1 is 1.11 bits per heavy atom. The molecule has 3 aromatic rings. The first-order valence-corrected chi connectivity index (χ1v) is 8.48. The van der Waals surface area contributed by atoms with Gasteiger partial charge >= 0.3 is 0 Å². The van der Waals surface area contributed by atoms with Gasteiger partial charge in [-0.05, 0) is 36.8 Å². The van der Waals surface area contributed by atoms with Crippen LogP contribution in [0.25, 0.3) is 11.1 Å². The second kappa shape index (κ2) is 7.03. The first kappa shape index (κ1) is 17.0. The van der Waals surface area contributed by atoms with E-state index in [0.29, 0.717) is 41.5 Å². The highest BCUT2D eigenvalue weighted by Gasteiger charge is 2.23. The van der Waals surface area contributed by atoms with Crippen molar-refractivity contribution in [3.05, 3.63) is 53.7 Å². The van der Waals surface area contributed by atoms with Gasteiger partial charge in [-0.3, -0.25) is 10.1 Å². The summed E-state index contributed by atoms with van der Waals surface area (Å²) in [6.07, 6.45) is 0. The summed E-state index contributed by atoms with van der Waals surface area (Å²) in [6.45, 7) is 2.68. The Kier molecular flexibility index (Phi) is 4.42. The molecule has 0 atom stereocenters. The van der Waals surface area contributed by atoms with Gasteiger partial charge in [-0.25, -0.2) is 0 Å². The molecule has 1 aromatic heterocycles. The maximum Gasteiger partial charge on any atom is 0.261 e. The third-order valence-electron chi connectivity index (χ3n) is 4.28. The predicted molar refractivity (Wildman–Crippen MR) is 98.6 cm³/mol. The Morgan fingerprint density at radius 3 is 2.67 bits per heavy atom. The number of carbonyl (C=O) groups is 1. The van der Waals surface area contributed by atoms with Crippen LogP contribution in [0.4, 0.5) is 5.88 Å². The van der Waals surface area contributed by atoms with Gasteiger partial charge in [0.05, 0.1) is 23.9 Å². The Morgan fingerprint density at radius 2 is 1.89 bits per heavy atom. The Hall–Kier alpha value is -3.48. The number of amides is 1. The molecule has 138 valence electrons. The van der Waals surface area contributed by atoms with Crippen LogP contribution in [0.15, 0.2) is 47.0 Å². The van der Waals surface area contributed by atoms with E-state index in [1.807, 2.05) is 31.2 Å². The van der Waals surface area contributed by atoms with E-state index >= 15 is 0 Å². The summed E-state index contributed by atoms with van der Waals surface area (Å²) in [5.41, 5.74) is 2.62. The van der Waals surface area contributed by atoms with E-state index in [9.17, 15) is 4.79 Å². The summed E-state index contributed by atoms with van der Waals surface area (Å²) < 4.78 is 21.7. The molecule has 2 aromatic carbocycles. The molecule has 0 saturated heterocycles. The molecule has 2 heterocycles. The maximum absolute atomic E-state index is 12.8. The lowest BCUT2D eigenvalue weighted by molar-refractivity contribution is 0.101. The van der Waals surface area contributed by atoms with E-state index in [4.69, 9.17) is 18.7 Å². The molecule has 0 radical (unpaired) electrons. The molecule has 0 spiro atoms. The third-order valence-corrected chi connectivity index (χ3v) is 4.28. The van der Waals surface area contributed by atoms with E-state index < -0.39 is 0 Å². The van der Waals surface area contributed by atoms with Crippen molar-refractivity contribution in [2.24, 2.45) is 0 Å². The van der Waals surface area contributed by atoms with Gasteiger partial charge in [0.1, 0.15) is 19.0 Å². The summed E-state index contributed by atoms with van der Waals surface area (Å²) in [7, 11) is 1.61. The minimum Gasteiger partial charge on any atom is -0.497 e. The number of nitrogens with one attached hydrogen (secondary N) is 1. The van der Waals surface area contributed by atoms with Gasteiger partial charge in [0.2, 0.25) is 5.88 Å². The van der Waals surface area contributed by atoms with E-state index in [2.05, 4.69) is 10.5 Å². The highest BCUT2D eigenvalue weighted by molar-refractivity contribution is 6.07. The first-order chi connectivity index (χ1) is 13.2. The number of nitrogens with zero attached hydrogens (tertiary/aromatic N) is 1. The molecule has 0 unspecified atom stereocenters. The minimum absolute atomic E-state index is 0.275. The molecule has 7 nitrogen and oxygen atoms in total. The van der Waals surface area contributed by atoms with Gasteiger partial charge in [-0.1, -0.05) is 23.4 Å². The number of methoxy groups -OCH3 is 1. The largest absolute Gasteiger partial charge is 0.497 e. The summed E-state index contributed by atoms with van der Waals surface area (Å²) >= 11 is 0. The van der Waals surface area contributed by atoms with Gasteiger partial charge in [-0.15, -0.1) is 0 Å². The summed E-state index contributed by atoms with van der Waals surface area (Å²) in [5.74, 6) is 1.65. The van der Waals surface area contributed by atoms with Crippen LogP contribution < -0.4 is 19.5 Å². The number of fused-ring (bicyclic) bond motifs is 1. The Labute approximate surface area is 155 Å². The van der Waals surface area contributed by atoms with E-state index in [1.54, 1.807) is 25.3 Å². The summed E-state index contributed by atoms with van der Waals surface area (Å²) in [5, 5.41) is 6.78. The van der Waals surface area contributed by atoms with E-state index in [0.717, 1.165) is 11.3 Å². The quantitative estimate of drug-likeness (QED) is 0.758. The van der Waals surface area contributed by atoms with Gasteiger partial charge in [-0.2, -0.15) is 0 Å². The second-order valence-electron chi connectivity index (χ2n) is 5.98. The van der Waals surface area contributed by atoms with Crippen molar-refractivity contribution >= 4 is 11.8 Å². The SMILES string of the molecule is COc1ccc(-c2c(C)noc2NC(=O)c2cccc3c2OCCO3)cc1. The molecule has 0 fully saturated rings.